The van der Waals surface area contributed by atoms with Crippen molar-refractivity contribution in [3.8, 4) is 17.4 Å². The molecule has 0 saturated heterocycles. The molecule has 0 aliphatic carbocycles. The molecule has 0 fully saturated rings. The Bertz CT molecular complexity index is 796. The molecule has 6 heteroatoms. The van der Waals surface area contributed by atoms with E-state index >= 15 is 0 Å². The summed E-state index contributed by atoms with van der Waals surface area (Å²) in [5.74, 6) is -0.631. The predicted octanol–water partition coefficient (Wildman–Crippen LogP) is 2.13. The van der Waals surface area contributed by atoms with Gasteiger partial charge in [-0.1, -0.05) is 18.2 Å². The van der Waals surface area contributed by atoms with E-state index in [0.29, 0.717) is 16.9 Å². The molecule has 1 amide bonds. The van der Waals surface area contributed by atoms with Gasteiger partial charge in [-0.15, -0.1) is 0 Å². The topological polar surface area (TPSA) is 106 Å². The van der Waals surface area contributed by atoms with Crippen LogP contribution in [0.1, 0.15) is 16.1 Å². The average Bonchev–Trinajstić information content (AvgIpc) is 3.00. The van der Waals surface area contributed by atoms with Gasteiger partial charge in [0.2, 0.25) is 0 Å². The van der Waals surface area contributed by atoms with Crippen LogP contribution in [0.3, 0.4) is 0 Å². The van der Waals surface area contributed by atoms with Crippen LogP contribution in [0.5, 0.6) is 0 Å². The van der Waals surface area contributed by atoms with Crippen molar-refractivity contribution in [3.05, 3.63) is 53.3 Å². The number of hydrogen-bond acceptors (Lipinski definition) is 5. The highest BCUT2D eigenvalue weighted by Gasteiger charge is 2.15. The van der Waals surface area contributed by atoms with Crippen molar-refractivity contribution in [1.29, 1.82) is 5.26 Å². The van der Waals surface area contributed by atoms with Crippen LogP contribution in [0, 0.1) is 11.3 Å². The average molecular weight is 296 g/mol. The van der Waals surface area contributed by atoms with Gasteiger partial charge in [0.15, 0.2) is 0 Å². The molecule has 0 aliphatic rings. The third-order valence-corrected chi connectivity index (χ3v) is 2.90. The molecule has 2 aromatic rings. The zero-order chi connectivity index (χ0) is 16.1. The largest absolute Gasteiger partial charge is 0.465 e. The summed E-state index contributed by atoms with van der Waals surface area (Å²) in [5.41, 5.74) is 5.74. The van der Waals surface area contributed by atoms with Crippen LogP contribution in [-0.2, 0) is 9.53 Å². The van der Waals surface area contributed by atoms with Crippen molar-refractivity contribution in [2.45, 2.75) is 0 Å². The van der Waals surface area contributed by atoms with E-state index in [9.17, 15) is 9.59 Å². The molecule has 110 valence electrons. The molecule has 0 radical (unpaired) electrons. The maximum Gasteiger partial charge on any atom is 0.338 e. The minimum Gasteiger partial charge on any atom is -0.465 e. The number of esters is 1. The van der Waals surface area contributed by atoms with Crippen LogP contribution in [-0.4, -0.2) is 19.0 Å². The van der Waals surface area contributed by atoms with Gasteiger partial charge >= 0.3 is 5.97 Å². The summed E-state index contributed by atoms with van der Waals surface area (Å²) in [5, 5.41) is 8.81. The van der Waals surface area contributed by atoms with Gasteiger partial charge in [-0.05, 0) is 18.2 Å². The molecular weight excluding hydrogens is 284 g/mol. The van der Waals surface area contributed by atoms with E-state index in [1.54, 1.807) is 42.5 Å². The second-order valence-electron chi connectivity index (χ2n) is 4.27. The lowest BCUT2D eigenvalue weighted by molar-refractivity contribution is -0.114. The Hall–Kier alpha value is -3.33. The minimum atomic E-state index is -0.838. The summed E-state index contributed by atoms with van der Waals surface area (Å²) >= 11 is 0. The van der Waals surface area contributed by atoms with Crippen LogP contribution in [0.15, 0.2) is 46.4 Å². The summed E-state index contributed by atoms with van der Waals surface area (Å²) < 4.78 is 10.3. The van der Waals surface area contributed by atoms with Crippen molar-refractivity contribution in [1.82, 2.24) is 0 Å². The zero-order valence-corrected chi connectivity index (χ0v) is 11.7. The zero-order valence-electron chi connectivity index (χ0n) is 11.7. The molecule has 1 aromatic carbocycles. The number of ether oxygens (including phenoxy) is 1. The summed E-state index contributed by atoms with van der Waals surface area (Å²) in [6, 6.07) is 11.7. The highest BCUT2D eigenvalue weighted by molar-refractivity contribution is 6.00. The Balaban J connectivity index is 2.44. The Morgan fingerprint density at radius 2 is 2.00 bits per heavy atom. The standard InChI is InChI=1S/C16H12N2O4/c1-21-16(20)13-5-3-2-4-12(13)14-7-6-11(22-14)8-10(9-17)15(18)19/h2-8H,1H3,(H2,18,19)/b10-8+. The molecule has 6 nitrogen and oxygen atoms in total. The number of rotatable bonds is 4. The van der Waals surface area contributed by atoms with Gasteiger partial charge in [-0.3, -0.25) is 4.79 Å². The SMILES string of the molecule is COC(=O)c1ccccc1-c1ccc(/C=C(\C#N)C(N)=O)o1. The molecule has 2 rings (SSSR count). The highest BCUT2D eigenvalue weighted by Crippen LogP contribution is 2.27. The summed E-state index contributed by atoms with van der Waals surface area (Å²) in [4.78, 5) is 22.8. The van der Waals surface area contributed by atoms with E-state index in [1.165, 1.54) is 13.2 Å². The first-order valence-corrected chi connectivity index (χ1v) is 6.26. The van der Waals surface area contributed by atoms with Gasteiger partial charge in [-0.2, -0.15) is 5.26 Å². The number of carbonyl (C=O) groups excluding carboxylic acids is 2. The van der Waals surface area contributed by atoms with Crippen LogP contribution in [0.4, 0.5) is 0 Å². The van der Waals surface area contributed by atoms with Gasteiger partial charge in [0, 0.05) is 11.6 Å². The lowest BCUT2D eigenvalue weighted by atomic mass is 10.1. The number of amides is 1. The van der Waals surface area contributed by atoms with E-state index < -0.39 is 11.9 Å². The third kappa shape index (κ3) is 3.04. The van der Waals surface area contributed by atoms with Crippen molar-refractivity contribution >= 4 is 18.0 Å². The minimum absolute atomic E-state index is 0.220. The molecule has 1 heterocycles. The number of benzene rings is 1. The van der Waals surface area contributed by atoms with E-state index in [-0.39, 0.29) is 11.3 Å². The summed E-state index contributed by atoms with van der Waals surface area (Å²) in [6.45, 7) is 0. The Kier molecular flexibility index (Phi) is 4.39. The fourth-order valence-electron chi connectivity index (χ4n) is 1.86. The van der Waals surface area contributed by atoms with Crippen molar-refractivity contribution in [2.75, 3.05) is 7.11 Å². The first kappa shape index (κ1) is 15.1. The van der Waals surface area contributed by atoms with Crippen molar-refractivity contribution < 1.29 is 18.7 Å². The number of primary amides is 1. The monoisotopic (exact) mass is 296 g/mol. The summed E-state index contributed by atoms with van der Waals surface area (Å²) in [7, 11) is 1.29. The quantitative estimate of drug-likeness (QED) is 0.528. The van der Waals surface area contributed by atoms with E-state index in [1.807, 2.05) is 0 Å². The molecule has 0 atom stereocenters. The molecule has 0 saturated carbocycles. The number of methoxy groups -OCH3 is 1. The van der Waals surface area contributed by atoms with Crippen molar-refractivity contribution in [3.63, 3.8) is 0 Å². The number of hydrogen-bond donors (Lipinski definition) is 1. The highest BCUT2D eigenvalue weighted by atomic mass is 16.5. The third-order valence-electron chi connectivity index (χ3n) is 2.90. The number of nitrogens with two attached hydrogens (primary N) is 1. The predicted molar refractivity (Wildman–Crippen MR) is 78.3 cm³/mol. The van der Waals surface area contributed by atoms with Crippen molar-refractivity contribution in [2.24, 2.45) is 5.73 Å². The van der Waals surface area contributed by atoms with E-state index in [4.69, 9.17) is 20.1 Å². The van der Waals surface area contributed by atoms with Gasteiger partial charge in [0.05, 0.1) is 12.7 Å². The molecule has 0 unspecified atom stereocenters. The number of nitriles is 1. The lowest BCUT2D eigenvalue weighted by Crippen LogP contribution is -2.12. The molecule has 0 bridgehead atoms. The van der Waals surface area contributed by atoms with Crippen LogP contribution in [0.25, 0.3) is 17.4 Å². The van der Waals surface area contributed by atoms with Crippen LogP contribution >= 0.6 is 0 Å². The Labute approximate surface area is 126 Å². The normalized spacial score (nSPS) is 10.8. The van der Waals surface area contributed by atoms with Gasteiger partial charge < -0.3 is 14.9 Å². The summed E-state index contributed by atoms with van der Waals surface area (Å²) in [6.07, 6.45) is 1.24. The molecule has 0 spiro atoms. The fraction of sp³-hybridized carbons (Fsp3) is 0.0625. The fourth-order valence-corrected chi connectivity index (χ4v) is 1.86. The second-order valence-corrected chi connectivity index (χ2v) is 4.27. The van der Waals surface area contributed by atoms with Crippen LogP contribution in [0.2, 0.25) is 0 Å². The second kappa shape index (κ2) is 6.41. The lowest BCUT2D eigenvalue weighted by Gasteiger charge is -2.04. The van der Waals surface area contributed by atoms with Gasteiger partial charge in [-0.25, -0.2) is 4.79 Å². The molecular formula is C16H12N2O4. The molecule has 0 aliphatic heterocycles. The number of nitrogens with zero attached hydrogens (tertiary/aromatic N) is 1. The first-order valence-electron chi connectivity index (χ1n) is 6.26. The van der Waals surface area contributed by atoms with Gasteiger partial charge in [0.1, 0.15) is 23.2 Å². The maximum absolute atomic E-state index is 11.7. The number of furan rings is 1. The van der Waals surface area contributed by atoms with Gasteiger partial charge in [0.25, 0.3) is 5.91 Å². The van der Waals surface area contributed by atoms with E-state index in [2.05, 4.69) is 0 Å². The molecule has 1 aromatic heterocycles. The Morgan fingerprint density at radius 1 is 1.27 bits per heavy atom. The molecule has 2 N–H and O–H groups in total. The number of carbonyl (C=O) groups is 2. The Morgan fingerprint density at radius 3 is 2.64 bits per heavy atom. The van der Waals surface area contributed by atoms with Crippen LogP contribution < -0.4 is 5.73 Å². The maximum atomic E-state index is 11.7. The molecule has 22 heavy (non-hydrogen) atoms. The smallest absolute Gasteiger partial charge is 0.338 e. The first-order chi connectivity index (χ1) is 10.6. The van der Waals surface area contributed by atoms with E-state index in [0.717, 1.165) is 0 Å².